The summed E-state index contributed by atoms with van der Waals surface area (Å²) in [6.45, 7) is 8.51. The molecule has 1 saturated carbocycles. The number of phenolic OH excluding ortho intramolecular Hbond substituents is 1. The topological polar surface area (TPSA) is 159 Å². The van der Waals surface area contributed by atoms with Crippen molar-refractivity contribution < 1.29 is 34.8 Å². The van der Waals surface area contributed by atoms with Gasteiger partial charge in [-0.15, -0.1) is 0 Å². The van der Waals surface area contributed by atoms with Crippen molar-refractivity contribution in [2.24, 2.45) is 10.8 Å². The van der Waals surface area contributed by atoms with Gasteiger partial charge in [0.1, 0.15) is 17.1 Å². The van der Waals surface area contributed by atoms with Gasteiger partial charge < -0.3 is 36.0 Å². The summed E-state index contributed by atoms with van der Waals surface area (Å²) in [6.07, 6.45) is 5.52. The van der Waals surface area contributed by atoms with Crippen molar-refractivity contribution in [1.82, 2.24) is 5.32 Å². The molecule has 0 aliphatic heterocycles. The fraction of sp³-hybridized carbons (Fsp3) is 0.531. The number of aromatic hydroxyl groups is 1. The highest BCUT2D eigenvalue weighted by molar-refractivity contribution is 6.25. The molecule has 4 aliphatic carbocycles. The largest absolute Gasteiger partial charge is 0.511 e. The molecule has 0 bridgehead atoms. The number of carbonyl (C=O) groups excluding carboxylic acids is 3. The van der Waals surface area contributed by atoms with Crippen LogP contribution in [0, 0.1) is 10.8 Å². The van der Waals surface area contributed by atoms with Crippen LogP contribution in [0.1, 0.15) is 81.6 Å². The molecule has 0 saturated heterocycles. The Balaban J connectivity index is 1.63. The Morgan fingerprint density at radius 1 is 1.07 bits per heavy atom. The molecule has 0 unspecified atom stereocenters. The molecule has 1 aromatic rings. The maximum absolute atomic E-state index is 14.3. The minimum atomic E-state index is -2.60. The van der Waals surface area contributed by atoms with Crippen LogP contribution < -0.4 is 15.5 Å². The number of carbonyl (C=O) groups is 3. The van der Waals surface area contributed by atoms with Crippen LogP contribution >= 0.6 is 0 Å². The second-order valence-electron chi connectivity index (χ2n) is 13.2. The zero-order valence-corrected chi connectivity index (χ0v) is 25.0. The van der Waals surface area contributed by atoms with Crippen molar-refractivity contribution in [3.8, 4) is 5.75 Å². The number of nitrogens with zero attached hydrogens (tertiary/aromatic N) is 1. The summed E-state index contributed by atoms with van der Waals surface area (Å²) in [6, 6.07) is 2.02. The standard InChI is InChI=1S/C32H41N3O7/c1-16(36)23-22(37)14-31(4)15-30(3)13-19-21(35(5)6)12-20(34-17(2)33-18-10-8-7-9-11-18)26(38)24(19)27(39)25(30)29(41)32(31,42)28(23)40/h12,18,33-34,37-38,41-42H,2,7-11,13-15H2,1,3-6H3/t30-,31+,32+/m1/s1. The third kappa shape index (κ3) is 4.21. The second kappa shape index (κ2) is 9.90. The van der Waals surface area contributed by atoms with E-state index in [4.69, 9.17) is 0 Å². The van der Waals surface area contributed by atoms with Gasteiger partial charge in [-0.3, -0.25) is 14.4 Å². The number of aliphatic hydroxyl groups excluding tert-OH is 2. The van der Waals surface area contributed by atoms with Crippen LogP contribution in [0.5, 0.6) is 5.75 Å². The average Bonchev–Trinajstić information content (AvgIpc) is 2.87. The second-order valence-corrected chi connectivity index (χ2v) is 13.2. The van der Waals surface area contributed by atoms with Gasteiger partial charge in [0.15, 0.2) is 22.9 Å². The normalized spacial score (nSPS) is 29.5. The lowest BCUT2D eigenvalue weighted by Crippen LogP contribution is -2.63. The summed E-state index contributed by atoms with van der Waals surface area (Å²) in [7, 11) is 3.65. The number of rotatable bonds is 6. The molecule has 226 valence electrons. The minimum absolute atomic E-state index is 0.0335. The first kappa shape index (κ1) is 29.7. The van der Waals surface area contributed by atoms with E-state index in [2.05, 4.69) is 17.2 Å². The maximum Gasteiger partial charge on any atom is 0.209 e. The smallest absolute Gasteiger partial charge is 0.209 e. The molecule has 0 radical (unpaired) electrons. The van der Waals surface area contributed by atoms with Gasteiger partial charge in [-0.25, -0.2) is 0 Å². The predicted molar refractivity (Wildman–Crippen MR) is 159 cm³/mol. The molecule has 0 heterocycles. The van der Waals surface area contributed by atoms with Crippen LogP contribution in [0.15, 0.2) is 41.1 Å². The number of benzene rings is 1. The van der Waals surface area contributed by atoms with Crippen LogP contribution in [0.3, 0.4) is 0 Å². The summed E-state index contributed by atoms with van der Waals surface area (Å²) < 4.78 is 0. The van der Waals surface area contributed by atoms with Gasteiger partial charge in [-0.1, -0.05) is 39.7 Å². The van der Waals surface area contributed by atoms with Crippen molar-refractivity contribution in [3.05, 3.63) is 52.3 Å². The van der Waals surface area contributed by atoms with E-state index in [1.54, 1.807) is 19.9 Å². The zero-order valence-electron chi connectivity index (χ0n) is 25.0. The number of ketones is 3. The fourth-order valence-electron chi connectivity index (χ4n) is 7.89. The van der Waals surface area contributed by atoms with Crippen molar-refractivity contribution >= 4 is 28.7 Å². The van der Waals surface area contributed by atoms with E-state index in [-0.39, 0.29) is 47.9 Å². The Hall–Kier alpha value is -3.79. The van der Waals surface area contributed by atoms with Gasteiger partial charge in [-0.05, 0) is 44.2 Å². The SMILES string of the molecule is C=C(Nc1cc(N(C)C)c2c(c1O)C(=O)C1=C(O)[C@@]3(O)C(=O)C(C(C)=O)=C(O)C[C@@]3(C)C[C@@]1(C)C2)NC1CCCCC1. The molecule has 0 aromatic heterocycles. The van der Waals surface area contributed by atoms with Crippen molar-refractivity contribution in [2.45, 2.75) is 83.8 Å². The van der Waals surface area contributed by atoms with Crippen LogP contribution in [-0.2, 0) is 16.0 Å². The lowest BCUT2D eigenvalue weighted by atomic mass is 9.48. The van der Waals surface area contributed by atoms with Crippen LogP contribution in [-0.4, -0.2) is 63.5 Å². The Morgan fingerprint density at radius 2 is 1.71 bits per heavy atom. The average molecular weight is 580 g/mol. The Kier molecular flexibility index (Phi) is 7.00. The first-order valence-electron chi connectivity index (χ1n) is 14.5. The highest BCUT2D eigenvalue weighted by Crippen LogP contribution is 2.63. The third-order valence-corrected chi connectivity index (χ3v) is 9.75. The minimum Gasteiger partial charge on any atom is -0.511 e. The lowest BCUT2D eigenvalue weighted by molar-refractivity contribution is -0.158. The van der Waals surface area contributed by atoms with Crippen LogP contribution in [0.4, 0.5) is 11.4 Å². The van der Waals surface area contributed by atoms with Gasteiger partial charge in [0.2, 0.25) is 5.78 Å². The zero-order chi connectivity index (χ0) is 30.9. The fourth-order valence-corrected chi connectivity index (χ4v) is 7.89. The van der Waals surface area contributed by atoms with Gasteiger partial charge in [0.25, 0.3) is 0 Å². The van der Waals surface area contributed by atoms with E-state index in [0.29, 0.717) is 17.1 Å². The number of fused-ring (bicyclic) bond motifs is 3. The lowest BCUT2D eigenvalue weighted by Gasteiger charge is -2.56. The molecule has 0 spiro atoms. The highest BCUT2D eigenvalue weighted by Gasteiger charge is 2.67. The number of allylic oxidation sites excluding steroid dienone is 2. The van der Waals surface area contributed by atoms with Gasteiger partial charge >= 0.3 is 0 Å². The van der Waals surface area contributed by atoms with E-state index in [0.717, 1.165) is 32.6 Å². The van der Waals surface area contributed by atoms with Crippen molar-refractivity contribution in [3.63, 3.8) is 0 Å². The number of nitrogens with one attached hydrogen (secondary N) is 2. The van der Waals surface area contributed by atoms with Gasteiger partial charge in [0, 0.05) is 48.6 Å². The van der Waals surface area contributed by atoms with Gasteiger partial charge in [0.05, 0.1) is 17.1 Å². The number of Topliss-reactive ketones (excluding diaryl/α,β-unsaturated/α-hetero) is 3. The molecule has 10 nitrogen and oxygen atoms in total. The molecule has 10 heteroatoms. The van der Waals surface area contributed by atoms with E-state index in [1.165, 1.54) is 6.42 Å². The number of anilines is 2. The Bertz CT molecular complexity index is 1480. The molecule has 6 N–H and O–H groups in total. The van der Waals surface area contributed by atoms with E-state index < -0.39 is 50.9 Å². The summed E-state index contributed by atoms with van der Waals surface area (Å²) in [5, 5.41) is 52.2. The number of phenols is 1. The first-order chi connectivity index (χ1) is 19.6. The molecule has 3 atom stereocenters. The number of hydrogen-bond acceptors (Lipinski definition) is 10. The molecule has 1 aromatic carbocycles. The van der Waals surface area contributed by atoms with Crippen molar-refractivity contribution in [1.29, 1.82) is 0 Å². The van der Waals surface area contributed by atoms with Gasteiger partial charge in [-0.2, -0.15) is 0 Å². The summed E-state index contributed by atoms with van der Waals surface area (Å²) in [5.41, 5.74) is -4.35. The van der Waals surface area contributed by atoms with E-state index >= 15 is 0 Å². The van der Waals surface area contributed by atoms with Crippen molar-refractivity contribution in [2.75, 3.05) is 24.3 Å². The van der Waals surface area contributed by atoms with Crippen LogP contribution in [0.25, 0.3) is 0 Å². The molecule has 1 fully saturated rings. The first-order valence-corrected chi connectivity index (χ1v) is 14.5. The number of hydrogen-bond donors (Lipinski definition) is 6. The quantitative estimate of drug-likeness (QED) is 0.211. The van der Waals surface area contributed by atoms with E-state index in [9.17, 15) is 34.8 Å². The molecular weight excluding hydrogens is 538 g/mol. The maximum atomic E-state index is 14.3. The summed E-state index contributed by atoms with van der Waals surface area (Å²) >= 11 is 0. The number of aliphatic hydroxyl groups is 3. The Labute approximate surface area is 245 Å². The Morgan fingerprint density at radius 3 is 2.31 bits per heavy atom. The van der Waals surface area contributed by atoms with E-state index in [1.807, 2.05) is 19.0 Å². The molecule has 42 heavy (non-hydrogen) atoms. The third-order valence-electron chi connectivity index (χ3n) is 9.75. The molecule has 5 rings (SSSR count). The predicted octanol–water partition coefficient (Wildman–Crippen LogP) is 4.34. The molecule has 0 amide bonds. The summed E-state index contributed by atoms with van der Waals surface area (Å²) in [5.74, 6) is -3.71. The molecular formula is C32H41N3O7. The van der Waals surface area contributed by atoms with Crippen LogP contribution in [0.2, 0.25) is 0 Å². The highest BCUT2D eigenvalue weighted by atomic mass is 16.3. The molecule has 4 aliphatic rings. The monoisotopic (exact) mass is 579 g/mol. The summed E-state index contributed by atoms with van der Waals surface area (Å²) in [4.78, 5) is 41.9.